The maximum atomic E-state index is 12.1. The molecule has 3 rings (SSSR count). The third-order valence-corrected chi connectivity index (χ3v) is 4.91. The van der Waals surface area contributed by atoms with Gasteiger partial charge in [-0.25, -0.2) is 13.4 Å². The van der Waals surface area contributed by atoms with Crippen molar-refractivity contribution in [3.63, 3.8) is 0 Å². The molecule has 0 radical (unpaired) electrons. The Hall–Kier alpha value is -1.60. The summed E-state index contributed by atoms with van der Waals surface area (Å²) in [5, 5.41) is 5.27. The highest BCUT2D eigenvalue weighted by Gasteiger charge is 2.18. The fraction of sp³-hybridized carbons (Fsp3) is 0.182. The number of sulfonamides is 1. The van der Waals surface area contributed by atoms with E-state index in [9.17, 15) is 8.42 Å². The number of thiazole rings is 1. The fourth-order valence-corrected chi connectivity index (χ4v) is 3.70. The molecule has 0 saturated carbocycles. The molecule has 94 valence electrons. The summed E-state index contributed by atoms with van der Waals surface area (Å²) < 4.78 is 26.7. The monoisotopic (exact) mass is 281 g/mol. The zero-order valence-electron chi connectivity index (χ0n) is 9.38. The molecule has 7 heteroatoms. The molecule has 0 atom stereocenters. The predicted octanol–water partition coefficient (Wildman–Crippen LogP) is 1.91. The van der Waals surface area contributed by atoms with Gasteiger partial charge >= 0.3 is 0 Å². The number of nitrogens with one attached hydrogen (secondary N) is 2. The molecular weight excluding hydrogens is 270 g/mol. The van der Waals surface area contributed by atoms with Crippen LogP contribution in [0.15, 0.2) is 34.7 Å². The number of anilines is 2. The van der Waals surface area contributed by atoms with Crippen molar-refractivity contribution in [2.75, 3.05) is 16.6 Å². The van der Waals surface area contributed by atoms with E-state index < -0.39 is 10.0 Å². The molecule has 2 aromatic rings. The van der Waals surface area contributed by atoms with Crippen LogP contribution in [0.25, 0.3) is 0 Å². The van der Waals surface area contributed by atoms with E-state index in [1.165, 1.54) is 11.3 Å². The summed E-state index contributed by atoms with van der Waals surface area (Å²) in [4.78, 5) is 4.17. The van der Waals surface area contributed by atoms with Crippen molar-refractivity contribution < 1.29 is 8.42 Å². The molecule has 0 fully saturated rings. The number of nitrogens with zero attached hydrogens (tertiary/aromatic N) is 1. The fourth-order valence-electron chi connectivity index (χ4n) is 1.88. The first-order valence-electron chi connectivity index (χ1n) is 5.44. The third kappa shape index (κ3) is 2.06. The quantitative estimate of drug-likeness (QED) is 0.901. The first kappa shape index (κ1) is 11.5. The van der Waals surface area contributed by atoms with E-state index in [-0.39, 0.29) is 4.90 Å². The Balaban J connectivity index is 1.94. The van der Waals surface area contributed by atoms with Crippen LogP contribution < -0.4 is 10.0 Å². The average molecular weight is 281 g/mol. The van der Waals surface area contributed by atoms with Crippen molar-refractivity contribution in [3.05, 3.63) is 35.3 Å². The van der Waals surface area contributed by atoms with E-state index in [0.717, 1.165) is 24.2 Å². The number of benzene rings is 1. The van der Waals surface area contributed by atoms with E-state index in [1.807, 2.05) is 6.07 Å². The Morgan fingerprint density at radius 2 is 2.28 bits per heavy atom. The maximum Gasteiger partial charge on any atom is 0.263 e. The Morgan fingerprint density at radius 3 is 3.06 bits per heavy atom. The van der Waals surface area contributed by atoms with Gasteiger partial charge in [-0.3, -0.25) is 4.72 Å². The molecule has 1 aliphatic rings. The molecule has 0 spiro atoms. The van der Waals surface area contributed by atoms with Crippen molar-refractivity contribution in [2.45, 2.75) is 11.3 Å². The van der Waals surface area contributed by atoms with Crippen LogP contribution in [0.1, 0.15) is 5.56 Å². The van der Waals surface area contributed by atoms with Gasteiger partial charge in [-0.05, 0) is 24.1 Å². The molecule has 0 unspecified atom stereocenters. The standard InChI is InChI=1S/C11H11N3O2S2/c15-18(16,14-11-13-5-6-17-11)9-2-1-8-3-4-12-10(8)7-9/h1-2,5-7,12H,3-4H2,(H,13,14). The summed E-state index contributed by atoms with van der Waals surface area (Å²) in [6, 6.07) is 5.14. The number of fused-ring (bicyclic) bond motifs is 1. The third-order valence-electron chi connectivity index (χ3n) is 2.76. The summed E-state index contributed by atoms with van der Waals surface area (Å²) in [6.07, 6.45) is 2.50. The van der Waals surface area contributed by atoms with Crippen LogP contribution in [-0.4, -0.2) is 19.9 Å². The van der Waals surface area contributed by atoms with Crippen LogP contribution >= 0.6 is 11.3 Å². The van der Waals surface area contributed by atoms with Crippen molar-refractivity contribution in [3.8, 4) is 0 Å². The molecule has 0 amide bonds. The second kappa shape index (κ2) is 4.25. The minimum Gasteiger partial charge on any atom is -0.384 e. The molecule has 0 saturated heterocycles. The van der Waals surface area contributed by atoms with Crippen molar-refractivity contribution >= 4 is 32.2 Å². The molecule has 1 aromatic heterocycles. The Morgan fingerprint density at radius 1 is 1.39 bits per heavy atom. The van der Waals surface area contributed by atoms with E-state index >= 15 is 0 Å². The first-order valence-corrected chi connectivity index (χ1v) is 7.80. The van der Waals surface area contributed by atoms with Crippen LogP contribution in [0.4, 0.5) is 10.8 Å². The second-order valence-electron chi connectivity index (χ2n) is 3.94. The Bertz CT molecular complexity index is 666. The molecule has 5 nitrogen and oxygen atoms in total. The number of hydrogen-bond donors (Lipinski definition) is 2. The molecule has 1 aromatic carbocycles. The lowest BCUT2D eigenvalue weighted by atomic mass is 10.2. The van der Waals surface area contributed by atoms with Crippen LogP contribution in [0.5, 0.6) is 0 Å². The summed E-state index contributed by atoms with van der Waals surface area (Å²) in [6.45, 7) is 0.860. The summed E-state index contributed by atoms with van der Waals surface area (Å²) in [7, 11) is -3.55. The number of rotatable bonds is 3. The SMILES string of the molecule is O=S(=O)(Nc1nccs1)c1ccc2c(c1)NCC2. The lowest BCUT2D eigenvalue weighted by Crippen LogP contribution is -2.12. The zero-order valence-corrected chi connectivity index (χ0v) is 11.0. The molecule has 2 N–H and O–H groups in total. The van der Waals surface area contributed by atoms with Gasteiger partial charge in [-0.15, -0.1) is 11.3 Å². The normalized spacial score (nSPS) is 14.0. The summed E-state index contributed by atoms with van der Waals surface area (Å²) >= 11 is 1.25. The molecule has 0 bridgehead atoms. The van der Waals surface area contributed by atoms with Gasteiger partial charge in [0.15, 0.2) is 5.13 Å². The van der Waals surface area contributed by atoms with E-state index in [4.69, 9.17) is 0 Å². The largest absolute Gasteiger partial charge is 0.384 e. The van der Waals surface area contributed by atoms with Crippen molar-refractivity contribution in [1.82, 2.24) is 4.98 Å². The van der Waals surface area contributed by atoms with Crippen molar-refractivity contribution in [2.24, 2.45) is 0 Å². The van der Waals surface area contributed by atoms with Gasteiger partial charge in [-0.2, -0.15) is 0 Å². The van der Waals surface area contributed by atoms with Crippen LogP contribution in [-0.2, 0) is 16.4 Å². The topological polar surface area (TPSA) is 71.1 Å². The van der Waals surface area contributed by atoms with Gasteiger partial charge in [0.25, 0.3) is 10.0 Å². The summed E-state index contributed by atoms with van der Waals surface area (Å²) in [5.41, 5.74) is 2.06. The van der Waals surface area contributed by atoms with Gasteiger partial charge in [0.2, 0.25) is 0 Å². The van der Waals surface area contributed by atoms with Gasteiger partial charge in [0, 0.05) is 23.8 Å². The Labute approximate surface area is 109 Å². The average Bonchev–Trinajstić information content (AvgIpc) is 2.97. The lowest BCUT2D eigenvalue weighted by molar-refractivity contribution is 0.601. The Kier molecular flexibility index (Phi) is 2.71. The zero-order chi connectivity index (χ0) is 12.6. The highest BCUT2D eigenvalue weighted by atomic mass is 32.2. The van der Waals surface area contributed by atoms with Gasteiger partial charge in [0.05, 0.1) is 4.90 Å². The van der Waals surface area contributed by atoms with E-state index in [2.05, 4.69) is 15.0 Å². The van der Waals surface area contributed by atoms with Gasteiger partial charge in [0.1, 0.15) is 0 Å². The molecule has 2 heterocycles. The lowest BCUT2D eigenvalue weighted by Gasteiger charge is -2.07. The van der Waals surface area contributed by atoms with E-state index in [0.29, 0.717) is 5.13 Å². The minimum absolute atomic E-state index is 0.255. The van der Waals surface area contributed by atoms with Crippen molar-refractivity contribution in [1.29, 1.82) is 0 Å². The van der Waals surface area contributed by atoms with Crippen LogP contribution in [0, 0.1) is 0 Å². The predicted molar refractivity (Wildman–Crippen MR) is 71.6 cm³/mol. The first-order chi connectivity index (χ1) is 8.65. The molecule has 18 heavy (non-hydrogen) atoms. The molecule has 0 aliphatic carbocycles. The maximum absolute atomic E-state index is 12.1. The smallest absolute Gasteiger partial charge is 0.263 e. The molecular formula is C11H11N3O2S2. The van der Waals surface area contributed by atoms with E-state index in [1.54, 1.807) is 23.7 Å². The highest BCUT2D eigenvalue weighted by Crippen LogP contribution is 2.26. The van der Waals surface area contributed by atoms with Crippen LogP contribution in [0.3, 0.4) is 0 Å². The summed E-state index contributed by atoms with van der Waals surface area (Å²) in [5.74, 6) is 0. The molecule has 1 aliphatic heterocycles. The van der Waals surface area contributed by atoms with Gasteiger partial charge in [-0.1, -0.05) is 6.07 Å². The number of hydrogen-bond acceptors (Lipinski definition) is 5. The highest BCUT2D eigenvalue weighted by molar-refractivity contribution is 7.93. The number of aromatic nitrogens is 1. The minimum atomic E-state index is -3.55. The van der Waals surface area contributed by atoms with Crippen LogP contribution in [0.2, 0.25) is 0 Å². The second-order valence-corrected chi connectivity index (χ2v) is 6.52. The van der Waals surface area contributed by atoms with Gasteiger partial charge < -0.3 is 5.32 Å².